The highest BCUT2D eigenvalue weighted by atomic mass is 127. The van der Waals surface area contributed by atoms with Crippen molar-refractivity contribution >= 4 is 22.6 Å². The normalized spacial score (nSPS) is 16.0. The first kappa shape index (κ1) is 10.3. The third kappa shape index (κ3) is 2.41. The van der Waals surface area contributed by atoms with Gasteiger partial charge in [0.05, 0.1) is 9.67 Å². The first-order valence-electron chi connectivity index (χ1n) is 5.13. The lowest BCUT2D eigenvalue weighted by molar-refractivity contribution is 0.301. The van der Waals surface area contributed by atoms with E-state index in [-0.39, 0.29) is 0 Å². The summed E-state index contributed by atoms with van der Waals surface area (Å²) in [5, 5.41) is 0. The first-order valence-corrected chi connectivity index (χ1v) is 6.21. The number of ether oxygens (including phenoxy) is 1. The molecule has 0 aliphatic heterocycles. The van der Waals surface area contributed by atoms with Crippen LogP contribution in [-0.2, 0) is 0 Å². The van der Waals surface area contributed by atoms with E-state index in [2.05, 4.69) is 54.6 Å². The van der Waals surface area contributed by atoms with Crippen LogP contribution in [0.25, 0.3) is 0 Å². The fraction of sp³-hybridized carbons (Fsp3) is 0.500. The Labute approximate surface area is 99.0 Å². The molecule has 1 nitrogen and oxygen atoms in total. The van der Waals surface area contributed by atoms with Crippen molar-refractivity contribution < 1.29 is 4.74 Å². The summed E-state index contributed by atoms with van der Waals surface area (Å²) in [7, 11) is 0. The van der Waals surface area contributed by atoms with Gasteiger partial charge in [0, 0.05) is 0 Å². The maximum Gasteiger partial charge on any atom is 0.133 e. The molecule has 0 N–H and O–H groups in total. The van der Waals surface area contributed by atoms with Crippen molar-refractivity contribution in [3.05, 3.63) is 27.3 Å². The van der Waals surface area contributed by atoms with Gasteiger partial charge in [-0.25, -0.2) is 0 Å². The Kier molecular flexibility index (Phi) is 3.00. The maximum atomic E-state index is 5.78. The Morgan fingerprint density at radius 3 is 2.57 bits per heavy atom. The van der Waals surface area contributed by atoms with Crippen LogP contribution < -0.4 is 4.74 Å². The molecule has 14 heavy (non-hydrogen) atoms. The molecule has 1 aromatic carbocycles. The Bertz CT molecular complexity index is 329. The molecule has 0 unspecified atom stereocenters. The molecule has 0 amide bonds. The Hall–Kier alpha value is -0.250. The molecule has 1 aliphatic rings. The summed E-state index contributed by atoms with van der Waals surface area (Å²) >= 11 is 2.36. The average Bonchev–Trinajstić information content (AvgIpc) is 2.92. The summed E-state index contributed by atoms with van der Waals surface area (Å²) in [6, 6.07) is 6.50. The predicted octanol–water partition coefficient (Wildman–Crippen LogP) is 3.96. The highest BCUT2D eigenvalue weighted by Crippen LogP contribution is 2.31. The van der Waals surface area contributed by atoms with Crippen LogP contribution >= 0.6 is 22.6 Å². The summed E-state index contributed by atoms with van der Waals surface area (Å²) < 4.78 is 7.02. The Morgan fingerprint density at radius 1 is 1.36 bits per heavy atom. The second-order valence-electron chi connectivity index (χ2n) is 4.16. The zero-order chi connectivity index (χ0) is 10.1. The quantitative estimate of drug-likeness (QED) is 0.768. The van der Waals surface area contributed by atoms with Crippen LogP contribution in [0.4, 0.5) is 0 Å². The standard InChI is InChI=1S/C12H15IO/c1-8(2)9-3-6-12(11(13)7-9)14-10-4-5-10/h3,6-8,10H,4-5H2,1-2H3. The molecule has 0 heterocycles. The van der Waals surface area contributed by atoms with Crippen molar-refractivity contribution in [1.29, 1.82) is 0 Å². The lowest BCUT2D eigenvalue weighted by atomic mass is 10.0. The summed E-state index contributed by atoms with van der Waals surface area (Å²) in [4.78, 5) is 0. The van der Waals surface area contributed by atoms with Crippen molar-refractivity contribution in [3.63, 3.8) is 0 Å². The van der Waals surface area contributed by atoms with E-state index in [1.807, 2.05) is 0 Å². The fourth-order valence-corrected chi connectivity index (χ4v) is 2.00. The number of benzene rings is 1. The molecular weight excluding hydrogens is 287 g/mol. The van der Waals surface area contributed by atoms with Crippen LogP contribution in [0.5, 0.6) is 5.75 Å². The molecule has 1 aromatic rings. The minimum Gasteiger partial charge on any atom is -0.489 e. The zero-order valence-corrected chi connectivity index (χ0v) is 10.7. The van der Waals surface area contributed by atoms with Crippen molar-refractivity contribution in [1.82, 2.24) is 0 Å². The fourth-order valence-electron chi connectivity index (χ4n) is 1.34. The summed E-state index contributed by atoms with van der Waals surface area (Å²) in [6.45, 7) is 4.43. The molecule has 2 rings (SSSR count). The zero-order valence-electron chi connectivity index (χ0n) is 8.59. The van der Waals surface area contributed by atoms with Gasteiger partial charge < -0.3 is 4.74 Å². The van der Waals surface area contributed by atoms with Crippen LogP contribution in [-0.4, -0.2) is 6.10 Å². The van der Waals surface area contributed by atoms with Crippen molar-refractivity contribution in [2.24, 2.45) is 0 Å². The second kappa shape index (κ2) is 4.09. The SMILES string of the molecule is CC(C)c1ccc(OC2CC2)c(I)c1. The molecule has 1 saturated carbocycles. The molecule has 1 aliphatic carbocycles. The molecule has 0 spiro atoms. The van der Waals surface area contributed by atoms with Crippen molar-refractivity contribution in [3.8, 4) is 5.75 Å². The molecule has 0 atom stereocenters. The second-order valence-corrected chi connectivity index (χ2v) is 5.32. The van der Waals surface area contributed by atoms with Gasteiger partial charge in [-0.1, -0.05) is 19.9 Å². The van der Waals surface area contributed by atoms with E-state index < -0.39 is 0 Å². The third-order valence-corrected chi connectivity index (χ3v) is 3.28. The molecule has 2 heteroatoms. The van der Waals surface area contributed by atoms with Crippen LogP contribution in [0, 0.1) is 3.57 Å². The summed E-state index contributed by atoms with van der Waals surface area (Å²) in [5.74, 6) is 1.65. The minimum absolute atomic E-state index is 0.494. The van der Waals surface area contributed by atoms with Gasteiger partial charge >= 0.3 is 0 Å². The topological polar surface area (TPSA) is 9.23 Å². The monoisotopic (exact) mass is 302 g/mol. The van der Waals surface area contributed by atoms with Crippen LogP contribution in [0.1, 0.15) is 38.2 Å². The van der Waals surface area contributed by atoms with Gasteiger partial charge in [-0.3, -0.25) is 0 Å². The van der Waals surface area contributed by atoms with Gasteiger partial charge in [0.15, 0.2) is 0 Å². The first-order chi connectivity index (χ1) is 6.66. The molecule has 0 bridgehead atoms. The molecule has 0 aromatic heterocycles. The van der Waals surface area contributed by atoms with Crippen LogP contribution in [0.3, 0.4) is 0 Å². The van der Waals surface area contributed by atoms with Gasteiger partial charge in [-0.15, -0.1) is 0 Å². The van der Waals surface area contributed by atoms with Crippen LogP contribution in [0.2, 0.25) is 0 Å². The van der Waals surface area contributed by atoms with Gasteiger partial charge in [-0.05, 0) is 59.0 Å². The molecule has 1 fully saturated rings. The van der Waals surface area contributed by atoms with Gasteiger partial charge in [0.2, 0.25) is 0 Å². The van der Waals surface area contributed by atoms with Gasteiger partial charge in [0.25, 0.3) is 0 Å². The number of hydrogen-bond donors (Lipinski definition) is 0. The van der Waals surface area contributed by atoms with E-state index >= 15 is 0 Å². The average molecular weight is 302 g/mol. The summed E-state index contributed by atoms with van der Waals surface area (Å²) in [5.41, 5.74) is 1.39. The molecule has 0 saturated heterocycles. The highest BCUT2D eigenvalue weighted by molar-refractivity contribution is 14.1. The van der Waals surface area contributed by atoms with E-state index in [0.717, 1.165) is 5.75 Å². The van der Waals surface area contributed by atoms with E-state index in [9.17, 15) is 0 Å². The molecule has 0 radical (unpaired) electrons. The van der Waals surface area contributed by atoms with E-state index in [4.69, 9.17) is 4.74 Å². The minimum atomic E-state index is 0.494. The van der Waals surface area contributed by atoms with Gasteiger partial charge in [0.1, 0.15) is 5.75 Å². The maximum absolute atomic E-state index is 5.78. The van der Waals surface area contributed by atoms with E-state index in [0.29, 0.717) is 12.0 Å². The van der Waals surface area contributed by atoms with Gasteiger partial charge in [-0.2, -0.15) is 0 Å². The lowest BCUT2D eigenvalue weighted by Crippen LogP contribution is -1.98. The number of hydrogen-bond acceptors (Lipinski definition) is 1. The summed E-state index contributed by atoms with van der Waals surface area (Å²) in [6.07, 6.45) is 2.94. The predicted molar refractivity (Wildman–Crippen MR) is 66.9 cm³/mol. The smallest absolute Gasteiger partial charge is 0.133 e. The molecular formula is C12H15IO. The van der Waals surface area contributed by atoms with Crippen molar-refractivity contribution in [2.45, 2.75) is 38.7 Å². The number of rotatable bonds is 3. The van der Waals surface area contributed by atoms with E-state index in [1.54, 1.807) is 0 Å². The Balaban J connectivity index is 2.17. The Morgan fingerprint density at radius 2 is 2.07 bits per heavy atom. The third-order valence-electron chi connectivity index (χ3n) is 2.44. The van der Waals surface area contributed by atoms with E-state index in [1.165, 1.54) is 22.0 Å². The largest absolute Gasteiger partial charge is 0.489 e. The lowest BCUT2D eigenvalue weighted by Gasteiger charge is -2.10. The number of halogens is 1. The highest BCUT2D eigenvalue weighted by Gasteiger charge is 2.24. The van der Waals surface area contributed by atoms with Crippen LogP contribution in [0.15, 0.2) is 18.2 Å². The molecule has 76 valence electrons. The van der Waals surface area contributed by atoms with Crippen molar-refractivity contribution in [2.75, 3.05) is 0 Å².